The molecule has 0 saturated heterocycles. The molecule has 1 aliphatic heterocycles. The number of hydrogen-bond acceptors (Lipinski definition) is 4. The van der Waals surface area contributed by atoms with E-state index in [-0.39, 0.29) is 6.04 Å². The van der Waals surface area contributed by atoms with E-state index in [1.807, 2.05) is 27.7 Å². The Morgan fingerprint density at radius 1 is 1.00 bits per heavy atom. The van der Waals surface area contributed by atoms with Crippen LogP contribution >= 0.6 is 0 Å². The molecule has 0 aliphatic carbocycles. The highest BCUT2D eigenvalue weighted by Crippen LogP contribution is 2.39. The van der Waals surface area contributed by atoms with E-state index in [9.17, 15) is 5.11 Å². The van der Waals surface area contributed by atoms with Gasteiger partial charge in [-0.2, -0.15) is 0 Å². The molecular weight excluding hydrogens is 314 g/mol. The highest BCUT2D eigenvalue weighted by molar-refractivity contribution is 5.53. The van der Waals surface area contributed by atoms with Gasteiger partial charge in [0.05, 0.1) is 19.3 Å². The number of ether oxygens (including phenoxy) is 2. The number of aryl methyl sites for hydroxylation is 2. The van der Waals surface area contributed by atoms with Crippen molar-refractivity contribution in [3.8, 4) is 17.2 Å². The number of phenolic OH excluding ortho intramolecular Hbond substituents is 1. The van der Waals surface area contributed by atoms with Crippen molar-refractivity contribution in [2.24, 2.45) is 0 Å². The van der Waals surface area contributed by atoms with Crippen LogP contribution in [0.15, 0.2) is 24.3 Å². The Kier molecular flexibility index (Phi) is 5.19. The van der Waals surface area contributed by atoms with Gasteiger partial charge in [-0.3, -0.25) is 0 Å². The maximum Gasteiger partial charge on any atom is 0.161 e. The smallest absolute Gasteiger partial charge is 0.161 e. The fourth-order valence-electron chi connectivity index (χ4n) is 3.55. The summed E-state index contributed by atoms with van der Waals surface area (Å²) in [5.41, 5.74) is 5.49. The predicted octanol–water partition coefficient (Wildman–Crippen LogP) is 4.04. The first-order chi connectivity index (χ1) is 12.0. The molecule has 4 nitrogen and oxygen atoms in total. The van der Waals surface area contributed by atoms with Gasteiger partial charge in [0.15, 0.2) is 11.5 Å². The number of fused-ring (bicyclic) bond motifs is 1. The van der Waals surface area contributed by atoms with Crippen LogP contribution in [-0.2, 0) is 6.42 Å². The molecule has 2 aromatic rings. The maximum absolute atomic E-state index is 10.1. The van der Waals surface area contributed by atoms with Gasteiger partial charge in [-0.05, 0) is 74.1 Å². The van der Waals surface area contributed by atoms with Crippen molar-refractivity contribution in [1.82, 2.24) is 5.32 Å². The zero-order chi connectivity index (χ0) is 18.0. The van der Waals surface area contributed by atoms with Gasteiger partial charge in [0, 0.05) is 6.54 Å². The second-order valence-corrected chi connectivity index (χ2v) is 6.50. The Labute approximate surface area is 149 Å². The van der Waals surface area contributed by atoms with Crippen molar-refractivity contribution in [2.75, 3.05) is 19.8 Å². The van der Waals surface area contributed by atoms with Crippen LogP contribution in [0.4, 0.5) is 0 Å². The summed E-state index contributed by atoms with van der Waals surface area (Å²) in [6.45, 7) is 10.00. The van der Waals surface area contributed by atoms with Crippen LogP contribution in [0.2, 0.25) is 0 Å². The van der Waals surface area contributed by atoms with Crippen molar-refractivity contribution in [2.45, 2.75) is 40.2 Å². The fourth-order valence-corrected chi connectivity index (χ4v) is 3.55. The average Bonchev–Trinajstić information content (AvgIpc) is 2.59. The summed E-state index contributed by atoms with van der Waals surface area (Å²) in [6, 6.07) is 8.45. The largest absolute Gasteiger partial charge is 0.507 e. The zero-order valence-corrected chi connectivity index (χ0v) is 15.5. The highest BCUT2D eigenvalue weighted by Gasteiger charge is 2.25. The van der Waals surface area contributed by atoms with Crippen molar-refractivity contribution in [3.63, 3.8) is 0 Å². The van der Waals surface area contributed by atoms with E-state index in [0.717, 1.165) is 35.6 Å². The van der Waals surface area contributed by atoms with Crippen LogP contribution in [0.3, 0.4) is 0 Å². The minimum absolute atomic E-state index is 0.0941. The summed E-state index contributed by atoms with van der Waals surface area (Å²) in [6.07, 6.45) is 0.967. The molecule has 0 saturated carbocycles. The summed E-state index contributed by atoms with van der Waals surface area (Å²) >= 11 is 0. The number of aromatic hydroxyl groups is 1. The van der Waals surface area contributed by atoms with E-state index in [1.54, 1.807) is 0 Å². The number of rotatable bonds is 5. The molecule has 1 atom stereocenters. The Hall–Kier alpha value is -2.20. The van der Waals surface area contributed by atoms with Crippen molar-refractivity contribution >= 4 is 0 Å². The minimum Gasteiger partial charge on any atom is -0.507 e. The SMILES string of the molecule is CCOc1cc2c(cc1OCC)[C@@H](c1cc(C)c(O)c(C)c1)NCC2. The van der Waals surface area contributed by atoms with Gasteiger partial charge < -0.3 is 19.9 Å². The minimum atomic E-state index is 0.0941. The maximum atomic E-state index is 10.1. The monoisotopic (exact) mass is 341 g/mol. The number of benzene rings is 2. The van der Waals surface area contributed by atoms with Crippen LogP contribution in [0.1, 0.15) is 47.7 Å². The first-order valence-corrected chi connectivity index (χ1v) is 9.01. The van der Waals surface area contributed by atoms with E-state index in [4.69, 9.17) is 9.47 Å². The van der Waals surface area contributed by atoms with Crippen LogP contribution in [0.25, 0.3) is 0 Å². The Bertz CT molecular complexity index is 747. The normalized spacial score (nSPS) is 16.4. The van der Waals surface area contributed by atoms with E-state index < -0.39 is 0 Å². The van der Waals surface area contributed by atoms with Crippen molar-refractivity contribution in [1.29, 1.82) is 0 Å². The molecule has 0 unspecified atom stereocenters. The van der Waals surface area contributed by atoms with Crippen LogP contribution in [0, 0.1) is 13.8 Å². The summed E-state index contributed by atoms with van der Waals surface area (Å²) in [7, 11) is 0. The zero-order valence-electron chi connectivity index (χ0n) is 15.5. The summed E-state index contributed by atoms with van der Waals surface area (Å²) < 4.78 is 11.6. The third-order valence-electron chi connectivity index (χ3n) is 4.71. The van der Waals surface area contributed by atoms with E-state index in [0.29, 0.717) is 19.0 Å². The molecule has 0 spiro atoms. The van der Waals surface area contributed by atoms with Crippen LogP contribution < -0.4 is 14.8 Å². The molecule has 1 heterocycles. The lowest BCUT2D eigenvalue weighted by molar-refractivity contribution is 0.286. The van der Waals surface area contributed by atoms with Crippen molar-refractivity contribution in [3.05, 3.63) is 52.1 Å². The summed E-state index contributed by atoms with van der Waals surface area (Å²) in [4.78, 5) is 0. The molecule has 0 bridgehead atoms. The number of nitrogens with one attached hydrogen (secondary N) is 1. The van der Waals surface area contributed by atoms with Gasteiger partial charge in [-0.25, -0.2) is 0 Å². The molecule has 3 rings (SSSR count). The second-order valence-electron chi connectivity index (χ2n) is 6.50. The van der Waals surface area contributed by atoms with Gasteiger partial charge in [0.2, 0.25) is 0 Å². The number of phenols is 1. The molecule has 4 heteroatoms. The van der Waals surface area contributed by atoms with Gasteiger partial charge in [0.1, 0.15) is 5.75 Å². The third kappa shape index (κ3) is 3.45. The Morgan fingerprint density at radius 3 is 2.20 bits per heavy atom. The molecule has 0 aromatic heterocycles. The van der Waals surface area contributed by atoms with E-state index in [1.165, 1.54) is 16.7 Å². The first-order valence-electron chi connectivity index (χ1n) is 9.01. The molecule has 0 fully saturated rings. The summed E-state index contributed by atoms with van der Waals surface area (Å²) in [5.74, 6) is 1.99. The fraction of sp³-hybridized carbons (Fsp3) is 0.429. The first kappa shape index (κ1) is 17.6. The predicted molar refractivity (Wildman–Crippen MR) is 99.9 cm³/mol. The molecule has 2 aromatic carbocycles. The lowest BCUT2D eigenvalue weighted by Crippen LogP contribution is -2.30. The van der Waals surface area contributed by atoms with E-state index >= 15 is 0 Å². The lowest BCUT2D eigenvalue weighted by Gasteiger charge is -2.29. The highest BCUT2D eigenvalue weighted by atomic mass is 16.5. The molecule has 25 heavy (non-hydrogen) atoms. The molecule has 0 radical (unpaired) electrons. The number of hydrogen-bond donors (Lipinski definition) is 2. The quantitative estimate of drug-likeness (QED) is 0.862. The van der Waals surface area contributed by atoms with Gasteiger partial charge >= 0.3 is 0 Å². The molecule has 0 amide bonds. The topological polar surface area (TPSA) is 50.7 Å². The average molecular weight is 341 g/mol. The van der Waals surface area contributed by atoms with Gasteiger partial charge in [0.25, 0.3) is 0 Å². The van der Waals surface area contributed by atoms with Crippen molar-refractivity contribution < 1.29 is 14.6 Å². The van der Waals surface area contributed by atoms with Gasteiger partial charge in [-0.15, -0.1) is 0 Å². The summed E-state index contributed by atoms with van der Waals surface area (Å²) in [5, 5.41) is 13.7. The Balaban J connectivity index is 2.08. The van der Waals surface area contributed by atoms with Crippen LogP contribution in [-0.4, -0.2) is 24.9 Å². The standard InChI is InChI=1S/C21H27NO3/c1-5-24-18-11-15-7-8-22-20(17(15)12-19(18)25-6-2)16-9-13(3)21(23)14(4)10-16/h9-12,20,22-23H,5-8H2,1-4H3/t20-/m1/s1. The van der Waals surface area contributed by atoms with E-state index in [2.05, 4.69) is 29.6 Å². The molecular formula is C21H27NO3. The molecule has 2 N–H and O–H groups in total. The molecule has 134 valence electrons. The second kappa shape index (κ2) is 7.36. The third-order valence-corrected chi connectivity index (χ3v) is 4.71. The van der Waals surface area contributed by atoms with Gasteiger partial charge in [-0.1, -0.05) is 12.1 Å². The van der Waals surface area contributed by atoms with Crippen LogP contribution in [0.5, 0.6) is 17.2 Å². The Morgan fingerprint density at radius 2 is 1.60 bits per heavy atom. The molecule has 1 aliphatic rings. The lowest BCUT2D eigenvalue weighted by atomic mass is 9.88.